The average Bonchev–Trinajstić information content (AvgIpc) is 2.60. The highest BCUT2D eigenvalue weighted by molar-refractivity contribution is 5.78. The zero-order chi connectivity index (χ0) is 16.1. The topological polar surface area (TPSA) is 47.6 Å². The van der Waals surface area contributed by atoms with Crippen molar-refractivity contribution >= 4 is 5.91 Å². The summed E-state index contributed by atoms with van der Waals surface area (Å²) in [5, 5.41) is 2.97. The van der Waals surface area contributed by atoms with Crippen LogP contribution in [0.1, 0.15) is 23.1 Å². The molecule has 1 amide bonds. The van der Waals surface area contributed by atoms with E-state index in [0.717, 1.165) is 42.1 Å². The molecule has 0 radical (unpaired) electrons. The van der Waals surface area contributed by atoms with E-state index in [9.17, 15) is 4.79 Å². The number of nitrogens with one attached hydrogen (secondary N) is 1. The smallest absolute Gasteiger partial charge is 0.224 e. The van der Waals surface area contributed by atoms with Crippen molar-refractivity contribution < 1.29 is 14.3 Å². The quantitative estimate of drug-likeness (QED) is 0.923. The van der Waals surface area contributed by atoms with Gasteiger partial charge in [0.15, 0.2) is 0 Å². The number of benzene rings is 2. The highest BCUT2D eigenvalue weighted by Crippen LogP contribution is 2.25. The van der Waals surface area contributed by atoms with Crippen LogP contribution in [0.3, 0.4) is 0 Å². The Morgan fingerprint density at radius 3 is 2.74 bits per heavy atom. The summed E-state index contributed by atoms with van der Waals surface area (Å²) in [6.07, 6.45) is 2.47. The van der Waals surface area contributed by atoms with Gasteiger partial charge in [0.05, 0.1) is 20.1 Å². The summed E-state index contributed by atoms with van der Waals surface area (Å²) in [6, 6.07) is 13.7. The number of hydrogen-bond acceptors (Lipinski definition) is 3. The molecule has 0 fully saturated rings. The SMILES string of the molecule is COc1ccc(CC(=O)NCc2ccc3c(c2)CCCO3)cc1. The van der Waals surface area contributed by atoms with Gasteiger partial charge in [-0.2, -0.15) is 0 Å². The van der Waals surface area contributed by atoms with E-state index in [1.165, 1.54) is 5.56 Å². The van der Waals surface area contributed by atoms with Crippen molar-refractivity contribution in [1.29, 1.82) is 0 Å². The Morgan fingerprint density at radius 1 is 1.17 bits per heavy atom. The molecule has 0 bridgehead atoms. The van der Waals surface area contributed by atoms with Crippen LogP contribution >= 0.6 is 0 Å². The first-order valence-corrected chi connectivity index (χ1v) is 7.89. The van der Waals surface area contributed by atoms with Crippen LogP contribution in [0.5, 0.6) is 11.5 Å². The molecule has 1 N–H and O–H groups in total. The molecule has 0 atom stereocenters. The van der Waals surface area contributed by atoms with E-state index in [1.54, 1.807) is 7.11 Å². The van der Waals surface area contributed by atoms with Gasteiger partial charge in [0.2, 0.25) is 5.91 Å². The number of methoxy groups -OCH3 is 1. The number of amides is 1. The molecule has 3 rings (SSSR count). The number of aryl methyl sites for hydroxylation is 1. The Kier molecular flexibility index (Phi) is 4.81. The van der Waals surface area contributed by atoms with Crippen molar-refractivity contribution in [1.82, 2.24) is 5.32 Å². The van der Waals surface area contributed by atoms with E-state index in [-0.39, 0.29) is 5.91 Å². The van der Waals surface area contributed by atoms with Gasteiger partial charge >= 0.3 is 0 Å². The second-order valence-electron chi connectivity index (χ2n) is 5.70. The van der Waals surface area contributed by atoms with Gasteiger partial charge in [0.1, 0.15) is 11.5 Å². The second-order valence-corrected chi connectivity index (χ2v) is 5.70. The fourth-order valence-electron chi connectivity index (χ4n) is 2.72. The maximum atomic E-state index is 12.1. The predicted molar refractivity (Wildman–Crippen MR) is 88.8 cm³/mol. The molecule has 2 aromatic rings. The van der Waals surface area contributed by atoms with Crippen molar-refractivity contribution in [2.24, 2.45) is 0 Å². The lowest BCUT2D eigenvalue weighted by Crippen LogP contribution is -2.24. The third-order valence-corrected chi connectivity index (χ3v) is 3.99. The Hall–Kier alpha value is -2.49. The molecular weight excluding hydrogens is 290 g/mol. The molecule has 0 aliphatic carbocycles. The van der Waals surface area contributed by atoms with Gasteiger partial charge in [-0.05, 0) is 47.7 Å². The second kappa shape index (κ2) is 7.18. The molecule has 0 aromatic heterocycles. The predicted octanol–water partition coefficient (Wildman–Crippen LogP) is 2.88. The summed E-state index contributed by atoms with van der Waals surface area (Å²) < 4.78 is 10.7. The molecule has 0 saturated carbocycles. The van der Waals surface area contributed by atoms with Gasteiger partial charge in [-0.15, -0.1) is 0 Å². The molecule has 1 aliphatic heterocycles. The van der Waals surface area contributed by atoms with Crippen molar-refractivity contribution in [3.8, 4) is 11.5 Å². The Bertz CT molecular complexity index is 680. The van der Waals surface area contributed by atoms with Crippen molar-refractivity contribution in [3.05, 3.63) is 59.2 Å². The van der Waals surface area contributed by atoms with Crippen molar-refractivity contribution in [2.45, 2.75) is 25.8 Å². The largest absolute Gasteiger partial charge is 0.497 e. The van der Waals surface area contributed by atoms with Crippen LogP contribution in [-0.4, -0.2) is 19.6 Å². The molecule has 23 heavy (non-hydrogen) atoms. The average molecular weight is 311 g/mol. The zero-order valence-electron chi connectivity index (χ0n) is 13.3. The van der Waals surface area contributed by atoms with Crippen LogP contribution in [0.4, 0.5) is 0 Å². The minimum atomic E-state index is 0.0177. The monoisotopic (exact) mass is 311 g/mol. The van der Waals surface area contributed by atoms with E-state index in [1.807, 2.05) is 36.4 Å². The summed E-state index contributed by atoms with van der Waals surface area (Å²) in [6.45, 7) is 1.34. The number of fused-ring (bicyclic) bond motifs is 1. The molecule has 2 aromatic carbocycles. The van der Waals surface area contributed by atoms with Crippen molar-refractivity contribution in [3.63, 3.8) is 0 Å². The zero-order valence-corrected chi connectivity index (χ0v) is 13.3. The van der Waals surface area contributed by atoms with E-state index in [2.05, 4.69) is 11.4 Å². The number of carbonyl (C=O) groups excluding carboxylic acids is 1. The van der Waals surface area contributed by atoms with Crippen LogP contribution < -0.4 is 14.8 Å². The van der Waals surface area contributed by atoms with Crippen molar-refractivity contribution in [2.75, 3.05) is 13.7 Å². The minimum Gasteiger partial charge on any atom is -0.497 e. The minimum absolute atomic E-state index is 0.0177. The van der Waals surface area contributed by atoms with Crippen LogP contribution in [-0.2, 0) is 24.2 Å². The fraction of sp³-hybridized carbons (Fsp3) is 0.316. The normalized spacial score (nSPS) is 12.9. The van der Waals surface area contributed by atoms with Gasteiger partial charge in [0.25, 0.3) is 0 Å². The lowest BCUT2D eigenvalue weighted by atomic mass is 10.0. The van der Waals surface area contributed by atoms with Crippen LogP contribution in [0.25, 0.3) is 0 Å². The highest BCUT2D eigenvalue weighted by atomic mass is 16.5. The molecule has 120 valence electrons. The Balaban J connectivity index is 1.54. The molecule has 4 heteroatoms. The number of ether oxygens (including phenoxy) is 2. The maximum Gasteiger partial charge on any atom is 0.224 e. The van der Waals surface area contributed by atoms with E-state index in [4.69, 9.17) is 9.47 Å². The summed E-state index contributed by atoms with van der Waals surface area (Å²) >= 11 is 0. The Labute approximate surface area is 136 Å². The van der Waals surface area contributed by atoms with Crippen LogP contribution in [0.15, 0.2) is 42.5 Å². The fourth-order valence-corrected chi connectivity index (χ4v) is 2.72. The lowest BCUT2D eigenvalue weighted by molar-refractivity contribution is -0.120. The van der Waals surface area contributed by atoms with Crippen LogP contribution in [0.2, 0.25) is 0 Å². The molecule has 1 heterocycles. The van der Waals surface area contributed by atoms with Gasteiger partial charge in [-0.25, -0.2) is 0 Å². The molecule has 0 unspecified atom stereocenters. The summed E-state index contributed by atoms with van der Waals surface area (Å²) in [4.78, 5) is 12.1. The maximum absolute atomic E-state index is 12.1. The summed E-state index contributed by atoms with van der Waals surface area (Å²) in [7, 11) is 1.63. The van der Waals surface area contributed by atoms with Crippen LogP contribution in [0, 0.1) is 0 Å². The van der Waals surface area contributed by atoms with Gasteiger partial charge < -0.3 is 14.8 Å². The van der Waals surface area contributed by atoms with E-state index < -0.39 is 0 Å². The number of rotatable bonds is 5. The molecule has 1 aliphatic rings. The van der Waals surface area contributed by atoms with Gasteiger partial charge in [-0.1, -0.05) is 24.3 Å². The standard InChI is InChI=1S/C19H21NO3/c1-22-17-7-4-14(5-8-17)12-19(21)20-13-15-6-9-18-16(11-15)3-2-10-23-18/h4-9,11H,2-3,10,12-13H2,1H3,(H,20,21). The molecule has 0 spiro atoms. The Morgan fingerprint density at radius 2 is 1.96 bits per heavy atom. The first-order valence-electron chi connectivity index (χ1n) is 7.89. The molecule has 0 saturated heterocycles. The highest BCUT2D eigenvalue weighted by Gasteiger charge is 2.11. The first kappa shape index (κ1) is 15.4. The number of carbonyl (C=O) groups is 1. The molecule has 4 nitrogen and oxygen atoms in total. The number of hydrogen-bond donors (Lipinski definition) is 1. The summed E-state index contributed by atoms with van der Waals surface area (Å²) in [5.74, 6) is 1.79. The third-order valence-electron chi connectivity index (χ3n) is 3.99. The first-order chi connectivity index (χ1) is 11.2. The van der Waals surface area contributed by atoms with E-state index >= 15 is 0 Å². The summed E-state index contributed by atoms with van der Waals surface area (Å²) in [5.41, 5.74) is 3.32. The van der Waals surface area contributed by atoms with Gasteiger partial charge in [0, 0.05) is 6.54 Å². The molecular formula is C19H21NO3. The lowest BCUT2D eigenvalue weighted by Gasteiger charge is -2.18. The third kappa shape index (κ3) is 4.03. The van der Waals surface area contributed by atoms with E-state index in [0.29, 0.717) is 13.0 Å². The van der Waals surface area contributed by atoms with Gasteiger partial charge in [-0.3, -0.25) is 4.79 Å².